The predicted molar refractivity (Wildman–Crippen MR) is 92.5 cm³/mol. The second kappa shape index (κ2) is 10.7. The van der Waals surface area contributed by atoms with Crippen molar-refractivity contribution in [2.45, 2.75) is 58.5 Å². The van der Waals surface area contributed by atoms with E-state index in [9.17, 15) is 0 Å². The van der Waals surface area contributed by atoms with Crippen LogP contribution in [0.3, 0.4) is 0 Å². The molecular weight excluding hydrogens is 353 g/mol. The number of nitrogens with one attached hydrogen (secondary N) is 2. The number of aliphatic imine (C=N–C) groups is 1. The van der Waals surface area contributed by atoms with Crippen molar-refractivity contribution >= 4 is 29.9 Å². The Balaban J connectivity index is 0.00000324. The highest BCUT2D eigenvalue weighted by Gasteiger charge is 2.29. The number of unbranched alkanes of at least 4 members (excludes halogenated alkanes) is 2. The lowest BCUT2D eigenvalue weighted by Crippen LogP contribution is -2.39. The van der Waals surface area contributed by atoms with Crippen molar-refractivity contribution in [3.05, 3.63) is 0 Å². The number of ether oxygens (including phenoxy) is 1. The number of nitrogens with zero attached hydrogens (tertiary/aromatic N) is 1. The minimum atomic E-state index is -0.0498. The number of halogens is 1. The molecule has 1 atom stereocenters. The van der Waals surface area contributed by atoms with Crippen molar-refractivity contribution in [1.82, 2.24) is 10.6 Å². The third-order valence-electron chi connectivity index (χ3n) is 3.29. The molecule has 1 aliphatic rings. The van der Waals surface area contributed by atoms with E-state index in [1.165, 1.54) is 19.3 Å². The fraction of sp³-hybridized carbons (Fsp3) is 0.929. The first-order chi connectivity index (χ1) is 8.70. The standard InChI is InChI=1S/C14H29N3O.HI/c1-4-6-7-10-16-13(15-5-2)17-12-14(3)9-8-11-18-14;/h4-12H2,1-3H3,(H2,15,16,17);1H. The minimum Gasteiger partial charge on any atom is -0.373 e. The molecule has 19 heavy (non-hydrogen) atoms. The lowest BCUT2D eigenvalue weighted by atomic mass is 10.0. The second-order valence-corrected chi connectivity index (χ2v) is 5.23. The average molecular weight is 383 g/mol. The quantitative estimate of drug-likeness (QED) is 0.308. The van der Waals surface area contributed by atoms with Gasteiger partial charge in [0.15, 0.2) is 5.96 Å². The molecule has 0 bridgehead atoms. The van der Waals surface area contributed by atoms with Gasteiger partial charge in [-0.15, -0.1) is 24.0 Å². The SMILES string of the molecule is CCCCCNC(=NCC1(C)CCCO1)NCC.I. The summed E-state index contributed by atoms with van der Waals surface area (Å²) in [5.41, 5.74) is -0.0498. The highest BCUT2D eigenvalue weighted by Crippen LogP contribution is 2.24. The van der Waals surface area contributed by atoms with Gasteiger partial charge in [0.2, 0.25) is 0 Å². The van der Waals surface area contributed by atoms with Crippen LogP contribution in [0.2, 0.25) is 0 Å². The van der Waals surface area contributed by atoms with Gasteiger partial charge in [0.25, 0.3) is 0 Å². The van der Waals surface area contributed by atoms with Crippen LogP contribution in [-0.2, 0) is 4.74 Å². The molecule has 0 aliphatic carbocycles. The normalized spacial score (nSPS) is 23.0. The summed E-state index contributed by atoms with van der Waals surface area (Å²) >= 11 is 0. The van der Waals surface area contributed by atoms with Crippen LogP contribution in [0.15, 0.2) is 4.99 Å². The highest BCUT2D eigenvalue weighted by atomic mass is 127. The average Bonchev–Trinajstić information content (AvgIpc) is 2.79. The zero-order chi connectivity index (χ0) is 13.3. The first kappa shape index (κ1) is 19.0. The van der Waals surface area contributed by atoms with Crippen LogP contribution in [-0.4, -0.2) is 37.8 Å². The smallest absolute Gasteiger partial charge is 0.191 e. The highest BCUT2D eigenvalue weighted by molar-refractivity contribution is 14.0. The monoisotopic (exact) mass is 383 g/mol. The topological polar surface area (TPSA) is 45.7 Å². The molecular formula is C14H30IN3O. The van der Waals surface area contributed by atoms with E-state index in [1.54, 1.807) is 0 Å². The van der Waals surface area contributed by atoms with Crippen molar-refractivity contribution in [3.63, 3.8) is 0 Å². The summed E-state index contributed by atoms with van der Waals surface area (Å²) in [6, 6.07) is 0. The fourth-order valence-corrected chi connectivity index (χ4v) is 2.13. The molecule has 1 heterocycles. The minimum absolute atomic E-state index is 0. The molecule has 0 aromatic carbocycles. The summed E-state index contributed by atoms with van der Waals surface area (Å²) in [6.45, 7) is 10.00. The molecule has 1 saturated heterocycles. The van der Waals surface area contributed by atoms with Crippen molar-refractivity contribution in [1.29, 1.82) is 0 Å². The lowest BCUT2D eigenvalue weighted by molar-refractivity contribution is 0.0283. The summed E-state index contributed by atoms with van der Waals surface area (Å²) in [5.74, 6) is 0.922. The van der Waals surface area contributed by atoms with Gasteiger partial charge in [-0.2, -0.15) is 0 Å². The van der Waals surface area contributed by atoms with Crippen LogP contribution in [0.1, 0.15) is 52.9 Å². The van der Waals surface area contributed by atoms with Gasteiger partial charge >= 0.3 is 0 Å². The molecule has 1 aliphatic heterocycles. The van der Waals surface area contributed by atoms with Gasteiger partial charge in [-0.25, -0.2) is 0 Å². The van der Waals surface area contributed by atoms with E-state index < -0.39 is 0 Å². The van der Waals surface area contributed by atoms with Crippen molar-refractivity contribution in [2.24, 2.45) is 4.99 Å². The molecule has 0 amide bonds. The van der Waals surface area contributed by atoms with E-state index in [4.69, 9.17) is 4.74 Å². The van der Waals surface area contributed by atoms with E-state index in [0.717, 1.165) is 45.0 Å². The Hall–Kier alpha value is -0.0400. The van der Waals surface area contributed by atoms with Crippen LogP contribution in [0.4, 0.5) is 0 Å². The van der Waals surface area contributed by atoms with Crippen LogP contribution >= 0.6 is 24.0 Å². The van der Waals surface area contributed by atoms with Crippen molar-refractivity contribution < 1.29 is 4.74 Å². The molecule has 1 unspecified atom stereocenters. The van der Waals surface area contributed by atoms with Gasteiger partial charge in [0, 0.05) is 19.7 Å². The fourth-order valence-electron chi connectivity index (χ4n) is 2.13. The molecule has 2 N–H and O–H groups in total. The number of hydrogen-bond acceptors (Lipinski definition) is 2. The molecule has 0 spiro atoms. The maximum Gasteiger partial charge on any atom is 0.191 e. The molecule has 5 heteroatoms. The first-order valence-electron chi connectivity index (χ1n) is 7.36. The third-order valence-corrected chi connectivity index (χ3v) is 3.29. The van der Waals surface area contributed by atoms with Crippen LogP contribution in [0.25, 0.3) is 0 Å². The Morgan fingerprint density at radius 2 is 2.05 bits per heavy atom. The second-order valence-electron chi connectivity index (χ2n) is 5.23. The van der Waals surface area contributed by atoms with Crippen LogP contribution in [0, 0.1) is 0 Å². The number of hydrogen-bond donors (Lipinski definition) is 2. The van der Waals surface area contributed by atoms with E-state index in [2.05, 4.69) is 36.4 Å². The summed E-state index contributed by atoms with van der Waals surface area (Å²) in [4.78, 5) is 4.63. The number of rotatable bonds is 7. The molecule has 0 saturated carbocycles. The van der Waals surface area contributed by atoms with Gasteiger partial charge in [-0.1, -0.05) is 19.8 Å². The zero-order valence-corrected chi connectivity index (χ0v) is 15.0. The summed E-state index contributed by atoms with van der Waals surface area (Å²) in [6.07, 6.45) is 6.00. The van der Waals surface area contributed by atoms with E-state index in [1.807, 2.05) is 0 Å². The summed E-state index contributed by atoms with van der Waals surface area (Å²) < 4.78 is 5.75. The van der Waals surface area contributed by atoms with Gasteiger partial charge in [0.1, 0.15) is 0 Å². The van der Waals surface area contributed by atoms with Crippen LogP contribution in [0.5, 0.6) is 0 Å². The zero-order valence-electron chi connectivity index (χ0n) is 12.6. The molecule has 114 valence electrons. The maximum absolute atomic E-state index is 5.75. The first-order valence-corrected chi connectivity index (χ1v) is 7.36. The molecule has 0 radical (unpaired) electrons. The summed E-state index contributed by atoms with van der Waals surface area (Å²) in [7, 11) is 0. The van der Waals surface area contributed by atoms with Gasteiger partial charge < -0.3 is 15.4 Å². The molecule has 4 nitrogen and oxygen atoms in total. The molecule has 0 aromatic heterocycles. The largest absolute Gasteiger partial charge is 0.373 e. The van der Waals surface area contributed by atoms with E-state index in [0.29, 0.717) is 0 Å². The third kappa shape index (κ3) is 7.97. The van der Waals surface area contributed by atoms with Crippen LogP contribution < -0.4 is 10.6 Å². The van der Waals surface area contributed by atoms with Gasteiger partial charge in [0.05, 0.1) is 12.1 Å². The Kier molecular flexibility index (Phi) is 10.7. The van der Waals surface area contributed by atoms with Gasteiger partial charge in [-0.05, 0) is 33.1 Å². The Morgan fingerprint density at radius 3 is 2.63 bits per heavy atom. The maximum atomic E-state index is 5.75. The Morgan fingerprint density at radius 1 is 1.26 bits per heavy atom. The Bertz CT molecular complexity index is 253. The summed E-state index contributed by atoms with van der Waals surface area (Å²) in [5, 5.41) is 6.66. The van der Waals surface area contributed by atoms with Crippen molar-refractivity contribution in [3.8, 4) is 0 Å². The molecule has 1 rings (SSSR count). The van der Waals surface area contributed by atoms with Gasteiger partial charge in [-0.3, -0.25) is 4.99 Å². The molecule has 1 fully saturated rings. The Labute approximate surface area is 135 Å². The van der Waals surface area contributed by atoms with E-state index in [-0.39, 0.29) is 29.6 Å². The van der Waals surface area contributed by atoms with E-state index >= 15 is 0 Å². The predicted octanol–water partition coefficient (Wildman–Crippen LogP) is 2.92. The number of guanidine groups is 1. The molecule has 0 aromatic rings. The van der Waals surface area contributed by atoms with Crippen molar-refractivity contribution in [2.75, 3.05) is 26.2 Å². The lowest BCUT2D eigenvalue weighted by Gasteiger charge is -2.21.